The van der Waals surface area contributed by atoms with E-state index in [4.69, 9.17) is 4.43 Å². The van der Waals surface area contributed by atoms with Gasteiger partial charge >= 0.3 is 0 Å². The second kappa shape index (κ2) is 3.69. The highest BCUT2D eigenvalue weighted by Crippen LogP contribution is 2.24. The van der Waals surface area contributed by atoms with E-state index in [0.29, 0.717) is 0 Å². The molecule has 11 heavy (non-hydrogen) atoms. The molecular formula is C8H18OSi2. The first-order valence-electron chi connectivity index (χ1n) is 4.49. The molecule has 1 atom stereocenters. The first-order valence-corrected chi connectivity index (χ1v) is 10.8. The van der Waals surface area contributed by atoms with Crippen LogP contribution in [-0.2, 0) is 4.43 Å². The Kier molecular flexibility index (Phi) is 3.10. The van der Waals surface area contributed by atoms with Gasteiger partial charge in [-0.15, -0.1) is 6.58 Å². The van der Waals surface area contributed by atoms with Gasteiger partial charge in [0.2, 0.25) is 0 Å². The molecule has 0 aromatic carbocycles. The van der Waals surface area contributed by atoms with Gasteiger partial charge in [0.05, 0.1) is 8.31 Å². The Balaban J connectivity index is 2.64. The summed E-state index contributed by atoms with van der Waals surface area (Å²) < 4.78 is 5.96. The third-order valence-corrected chi connectivity index (χ3v) is 15.1. The highest BCUT2D eigenvalue weighted by molar-refractivity contribution is 7.31. The summed E-state index contributed by atoms with van der Waals surface area (Å²) in [5, 5.41) is 0. The molecule has 0 N–H and O–H groups in total. The van der Waals surface area contributed by atoms with E-state index in [1.54, 1.807) is 0 Å². The van der Waals surface area contributed by atoms with Crippen molar-refractivity contribution in [3.05, 3.63) is 12.3 Å². The zero-order valence-corrected chi connectivity index (χ0v) is 9.75. The topological polar surface area (TPSA) is 9.23 Å². The Morgan fingerprint density at radius 3 is 2.45 bits per heavy atom. The maximum absolute atomic E-state index is 5.96. The molecule has 1 rings (SSSR count). The summed E-state index contributed by atoms with van der Waals surface area (Å²) in [5.41, 5.74) is 2.18. The van der Waals surface area contributed by atoms with Gasteiger partial charge in [0, 0.05) is 6.61 Å². The van der Waals surface area contributed by atoms with Crippen LogP contribution in [0.4, 0.5) is 0 Å². The lowest BCUT2D eigenvalue weighted by molar-refractivity contribution is 0.286. The summed E-state index contributed by atoms with van der Waals surface area (Å²) in [6.45, 7) is 9.76. The molecule has 0 aromatic rings. The third kappa shape index (κ3) is 1.83. The van der Waals surface area contributed by atoms with E-state index in [-0.39, 0.29) is 0 Å². The molecule has 0 spiro atoms. The van der Waals surface area contributed by atoms with Crippen molar-refractivity contribution < 1.29 is 4.43 Å². The highest BCUT2D eigenvalue weighted by Gasteiger charge is 2.37. The van der Waals surface area contributed by atoms with Gasteiger partial charge in [-0.1, -0.05) is 25.2 Å². The smallest absolute Gasteiger partial charge is 0.198 e. The fourth-order valence-electron chi connectivity index (χ4n) is 1.69. The molecule has 0 bridgehead atoms. The Bertz CT molecular complexity index is 139. The SMILES string of the molecule is C=C[Si]1([SiH](C)C)CCCCO1. The summed E-state index contributed by atoms with van der Waals surface area (Å²) in [4.78, 5) is 0. The lowest BCUT2D eigenvalue weighted by Gasteiger charge is -2.35. The molecule has 0 aromatic heterocycles. The van der Waals surface area contributed by atoms with E-state index in [0.717, 1.165) is 6.61 Å². The standard InChI is InChI=1S/C8H18OSi2/c1-4-11(10(2)3)8-6-5-7-9-11/h4,10H,1,5-8H2,2-3H3. The van der Waals surface area contributed by atoms with Crippen LogP contribution in [0, 0.1) is 0 Å². The van der Waals surface area contributed by atoms with E-state index in [2.05, 4.69) is 25.4 Å². The molecule has 3 heteroatoms. The van der Waals surface area contributed by atoms with E-state index < -0.39 is 16.1 Å². The summed E-state index contributed by atoms with van der Waals surface area (Å²) in [7, 11) is -1.92. The fraction of sp³-hybridized carbons (Fsp3) is 0.750. The molecule has 0 radical (unpaired) electrons. The quantitative estimate of drug-likeness (QED) is 0.600. The first-order chi connectivity index (χ1) is 5.21. The van der Waals surface area contributed by atoms with Gasteiger partial charge in [0.15, 0.2) is 7.83 Å². The minimum atomic E-state index is -1.33. The molecule has 1 fully saturated rings. The van der Waals surface area contributed by atoms with Crippen molar-refractivity contribution in [3.8, 4) is 0 Å². The minimum absolute atomic E-state index is 0.589. The molecule has 1 nitrogen and oxygen atoms in total. The molecule has 1 unspecified atom stereocenters. The Labute approximate surface area is 72.0 Å². The van der Waals surface area contributed by atoms with E-state index >= 15 is 0 Å². The predicted molar refractivity (Wildman–Crippen MR) is 54.8 cm³/mol. The fourth-order valence-corrected chi connectivity index (χ4v) is 9.98. The molecule has 1 aliphatic rings. The monoisotopic (exact) mass is 186 g/mol. The maximum atomic E-state index is 5.96. The highest BCUT2D eigenvalue weighted by atomic mass is 29.2. The van der Waals surface area contributed by atoms with Gasteiger partial charge in [0.1, 0.15) is 0 Å². The molecular weight excluding hydrogens is 168 g/mol. The van der Waals surface area contributed by atoms with Crippen LogP contribution in [0.3, 0.4) is 0 Å². The Morgan fingerprint density at radius 2 is 2.18 bits per heavy atom. The van der Waals surface area contributed by atoms with Crippen LogP contribution in [-0.4, -0.2) is 22.8 Å². The molecule has 0 amide bonds. The van der Waals surface area contributed by atoms with Crippen molar-refractivity contribution in [2.24, 2.45) is 0 Å². The van der Waals surface area contributed by atoms with Crippen molar-refractivity contribution in [2.45, 2.75) is 32.0 Å². The van der Waals surface area contributed by atoms with Crippen molar-refractivity contribution in [3.63, 3.8) is 0 Å². The Hall–Kier alpha value is 0.134. The molecule has 1 aliphatic heterocycles. The zero-order valence-electron chi connectivity index (χ0n) is 7.60. The molecule has 64 valence electrons. The summed E-state index contributed by atoms with van der Waals surface area (Å²) in [6, 6.07) is 1.35. The van der Waals surface area contributed by atoms with Crippen molar-refractivity contribution in [1.82, 2.24) is 0 Å². The zero-order chi connectivity index (χ0) is 8.32. The molecule has 0 aliphatic carbocycles. The van der Waals surface area contributed by atoms with E-state index in [9.17, 15) is 0 Å². The molecule has 1 saturated heterocycles. The summed E-state index contributed by atoms with van der Waals surface area (Å²) in [6.07, 6.45) is 2.65. The normalized spacial score (nSPS) is 32.3. The first kappa shape index (κ1) is 9.22. The van der Waals surface area contributed by atoms with Crippen LogP contribution in [0.25, 0.3) is 0 Å². The van der Waals surface area contributed by atoms with Crippen molar-refractivity contribution >= 4 is 16.1 Å². The number of hydrogen-bond donors (Lipinski definition) is 0. The average Bonchev–Trinajstić information content (AvgIpc) is 2.05. The van der Waals surface area contributed by atoms with Gasteiger partial charge < -0.3 is 4.43 Å². The predicted octanol–water partition coefficient (Wildman–Crippen LogP) is 2.03. The third-order valence-electron chi connectivity index (χ3n) is 2.66. The summed E-state index contributed by atoms with van der Waals surface area (Å²) in [5.74, 6) is 0. The van der Waals surface area contributed by atoms with E-state index in [1.165, 1.54) is 18.9 Å². The van der Waals surface area contributed by atoms with Gasteiger partial charge in [-0.25, -0.2) is 0 Å². The van der Waals surface area contributed by atoms with Crippen LogP contribution in [0.1, 0.15) is 12.8 Å². The van der Waals surface area contributed by atoms with Gasteiger partial charge in [0.25, 0.3) is 0 Å². The maximum Gasteiger partial charge on any atom is 0.198 e. The Morgan fingerprint density at radius 1 is 1.45 bits per heavy atom. The van der Waals surface area contributed by atoms with Crippen LogP contribution in [0.5, 0.6) is 0 Å². The van der Waals surface area contributed by atoms with Crippen molar-refractivity contribution in [1.29, 1.82) is 0 Å². The second-order valence-corrected chi connectivity index (χ2v) is 15.4. The lowest BCUT2D eigenvalue weighted by atomic mass is 10.4. The van der Waals surface area contributed by atoms with Gasteiger partial charge in [-0.2, -0.15) is 0 Å². The van der Waals surface area contributed by atoms with E-state index in [1.807, 2.05) is 0 Å². The van der Waals surface area contributed by atoms with Crippen LogP contribution in [0.15, 0.2) is 12.3 Å². The van der Waals surface area contributed by atoms with Gasteiger partial charge in [-0.3, -0.25) is 0 Å². The summed E-state index contributed by atoms with van der Waals surface area (Å²) >= 11 is 0. The minimum Gasteiger partial charge on any atom is -0.416 e. The second-order valence-electron chi connectivity index (χ2n) is 3.62. The van der Waals surface area contributed by atoms with Crippen LogP contribution in [0.2, 0.25) is 19.1 Å². The van der Waals surface area contributed by atoms with Crippen molar-refractivity contribution in [2.75, 3.05) is 6.61 Å². The lowest BCUT2D eigenvalue weighted by Crippen LogP contribution is -2.51. The molecule has 1 heterocycles. The molecule has 0 saturated carbocycles. The van der Waals surface area contributed by atoms with Gasteiger partial charge in [-0.05, 0) is 12.5 Å². The largest absolute Gasteiger partial charge is 0.416 e. The average molecular weight is 186 g/mol. The van der Waals surface area contributed by atoms with Crippen LogP contribution >= 0.6 is 0 Å². The number of rotatable bonds is 2. The number of hydrogen-bond acceptors (Lipinski definition) is 1. The van der Waals surface area contributed by atoms with Crippen LogP contribution < -0.4 is 0 Å².